The van der Waals surface area contributed by atoms with E-state index in [0.717, 1.165) is 11.8 Å². The van der Waals surface area contributed by atoms with Crippen LogP contribution in [0.1, 0.15) is 69.4 Å². The Hall–Kier alpha value is -1.30. The van der Waals surface area contributed by atoms with Gasteiger partial charge in [0, 0.05) is 5.92 Å². The molecule has 3 rings (SSSR count). The number of rotatable bonds is 4. The highest BCUT2D eigenvalue weighted by atomic mass is 14.3. The van der Waals surface area contributed by atoms with Gasteiger partial charge in [-0.3, -0.25) is 0 Å². The topological polar surface area (TPSA) is 0 Å². The standard InChI is InChI=1S/C24H32/c1-3-4-20-7-9-21(10-8-20)11-12-22-13-17-24(18-14-22)23-15-5-19(2)6-16-23/h3-6,11-12,15-16,20,22H,7-10,13-14,17-18H2,1-2H3/b4-3+,12-11?. The lowest BCUT2D eigenvalue weighted by molar-refractivity contribution is 0.445. The van der Waals surface area contributed by atoms with Crippen molar-refractivity contribution in [3.8, 4) is 0 Å². The highest BCUT2D eigenvalue weighted by Crippen LogP contribution is 2.37. The molecule has 0 bridgehead atoms. The number of hydrogen-bond donors (Lipinski definition) is 0. The summed E-state index contributed by atoms with van der Waals surface area (Å²) in [6.45, 7) is 4.31. The predicted molar refractivity (Wildman–Crippen MR) is 105 cm³/mol. The molecule has 0 nitrogen and oxygen atoms in total. The van der Waals surface area contributed by atoms with Gasteiger partial charge >= 0.3 is 0 Å². The third-order valence-corrected chi connectivity index (χ3v) is 5.83. The van der Waals surface area contributed by atoms with E-state index < -0.39 is 0 Å². The maximum absolute atomic E-state index is 2.53. The first kappa shape index (κ1) is 17.5. The number of allylic oxidation sites excluding steroid dienone is 4. The van der Waals surface area contributed by atoms with Crippen LogP contribution in [0.25, 0.3) is 0 Å². The molecule has 0 spiro atoms. The van der Waals surface area contributed by atoms with Gasteiger partial charge in [-0.2, -0.15) is 0 Å². The zero-order valence-corrected chi connectivity index (χ0v) is 15.4. The second-order valence-corrected chi connectivity index (χ2v) is 7.69. The summed E-state index contributed by atoms with van der Waals surface area (Å²) in [6.07, 6.45) is 20.1. The van der Waals surface area contributed by atoms with Crippen molar-refractivity contribution in [3.05, 3.63) is 71.5 Å². The van der Waals surface area contributed by atoms with Crippen LogP contribution in [0.2, 0.25) is 0 Å². The van der Waals surface area contributed by atoms with Crippen molar-refractivity contribution in [3.63, 3.8) is 0 Å². The van der Waals surface area contributed by atoms with E-state index >= 15 is 0 Å². The largest absolute Gasteiger partial charge is 0.0914 e. The summed E-state index contributed by atoms with van der Waals surface area (Å²) in [4.78, 5) is 0. The van der Waals surface area contributed by atoms with Crippen molar-refractivity contribution >= 4 is 0 Å². The molecular weight excluding hydrogens is 288 g/mol. The first-order valence-electron chi connectivity index (χ1n) is 9.82. The molecule has 0 atom stereocenters. The third-order valence-electron chi connectivity index (χ3n) is 5.83. The molecule has 0 N–H and O–H groups in total. The number of benzene rings is 1. The van der Waals surface area contributed by atoms with E-state index in [1.54, 1.807) is 11.8 Å². The zero-order valence-electron chi connectivity index (χ0n) is 15.4. The SMILES string of the molecule is C/C=C/C1CC[C](C=CC2CC[C](c3ccc(C)cc3)CC2)CC1. The van der Waals surface area contributed by atoms with Crippen molar-refractivity contribution in [2.45, 2.75) is 65.2 Å². The summed E-state index contributed by atoms with van der Waals surface area (Å²) >= 11 is 0. The molecule has 1 aromatic carbocycles. The molecule has 2 aliphatic rings. The van der Waals surface area contributed by atoms with Crippen LogP contribution in [0, 0.1) is 30.6 Å². The quantitative estimate of drug-likeness (QED) is 0.524. The Kier molecular flexibility index (Phi) is 6.35. The summed E-state index contributed by atoms with van der Waals surface area (Å²) < 4.78 is 0. The van der Waals surface area contributed by atoms with E-state index in [0.29, 0.717) is 0 Å². The summed E-state index contributed by atoms with van der Waals surface area (Å²) in [5, 5.41) is 0. The highest BCUT2D eigenvalue weighted by molar-refractivity contribution is 5.33. The highest BCUT2D eigenvalue weighted by Gasteiger charge is 2.22. The van der Waals surface area contributed by atoms with E-state index in [9.17, 15) is 0 Å². The molecule has 2 radical (unpaired) electrons. The normalized spacial score (nSPS) is 22.8. The van der Waals surface area contributed by atoms with E-state index in [-0.39, 0.29) is 0 Å². The minimum atomic E-state index is 0.792. The first-order chi connectivity index (χ1) is 11.7. The fraction of sp³-hybridized carbons (Fsp3) is 0.500. The Balaban J connectivity index is 1.43. The van der Waals surface area contributed by atoms with Gasteiger partial charge in [0.15, 0.2) is 0 Å². The molecule has 2 saturated carbocycles. The zero-order chi connectivity index (χ0) is 16.8. The first-order valence-corrected chi connectivity index (χ1v) is 9.82. The average Bonchev–Trinajstić information content (AvgIpc) is 2.63. The Labute approximate surface area is 149 Å². The van der Waals surface area contributed by atoms with Crippen LogP contribution in [0.15, 0.2) is 48.6 Å². The monoisotopic (exact) mass is 320 g/mol. The van der Waals surface area contributed by atoms with Crippen LogP contribution >= 0.6 is 0 Å². The van der Waals surface area contributed by atoms with Gasteiger partial charge in [0.1, 0.15) is 0 Å². The van der Waals surface area contributed by atoms with Crippen molar-refractivity contribution in [1.29, 1.82) is 0 Å². The second kappa shape index (κ2) is 8.70. The summed E-state index contributed by atoms with van der Waals surface area (Å²) in [6, 6.07) is 9.10. The molecule has 2 fully saturated rings. The van der Waals surface area contributed by atoms with E-state index in [2.05, 4.69) is 62.4 Å². The summed E-state index contributed by atoms with van der Waals surface area (Å²) in [5.74, 6) is 4.97. The lowest BCUT2D eigenvalue weighted by Crippen LogP contribution is -2.13. The molecule has 0 saturated heterocycles. The van der Waals surface area contributed by atoms with Crippen LogP contribution in [0.4, 0.5) is 0 Å². The lowest BCUT2D eigenvalue weighted by atomic mass is 9.77. The molecular formula is C24H32. The van der Waals surface area contributed by atoms with Crippen LogP contribution in [0.3, 0.4) is 0 Å². The Morgan fingerprint density at radius 2 is 1.38 bits per heavy atom. The predicted octanol–water partition coefficient (Wildman–Crippen LogP) is 7.00. The van der Waals surface area contributed by atoms with Crippen LogP contribution in [0.5, 0.6) is 0 Å². The van der Waals surface area contributed by atoms with Crippen LogP contribution < -0.4 is 0 Å². The van der Waals surface area contributed by atoms with E-state index in [1.807, 2.05) is 0 Å². The van der Waals surface area contributed by atoms with Gasteiger partial charge in [0.25, 0.3) is 0 Å². The van der Waals surface area contributed by atoms with Gasteiger partial charge in [-0.25, -0.2) is 0 Å². The van der Waals surface area contributed by atoms with Gasteiger partial charge in [-0.05, 0) is 88.5 Å². The molecule has 0 amide bonds. The van der Waals surface area contributed by atoms with Crippen LogP contribution in [-0.2, 0) is 0 Å². The maximum Gasteiger partial charge on any atom is 0.00502 e. The molecule has 0 unspecified atom stereocenters. The fourth-order valence-corrected chi connectivity index (χ4v) is 4.17. The number of hydrogen-bond acceptors (Lipinski definition) is 0. The van der Waals surface area contributed by atoms with E-state index in [1.165, 1.54) is 62.5 Å². The summed E-state index contributed by atoms with van der Waals surface area (Å²) in [7, 11) is 0. The Morgan fingerprint density at radius 1 is 0.792 bits per heavy atom. The van der Waals surface area contributed by atoms with Gasteiger partial charge in [0.05, 0.1) is 0 Å². The second-order valence-electron chi connectivity index (χ2n) is 7.69. The molecule has 0 heteroatoms. The molecule has 2 aliphatic carbocycles. The average molecular weight is 321 g/mol. The van der Waals surface area contributed by atoms with Crippen molar-refractivity contribution in [2.24, 2.45) is 11.8 Å². The van der Waals surface area contributed by atoms with Crippen molar-refractivity contribution in [2.75, 3.05) is 0 Å². The maximum atomic E-state index is 2.53. The fourth-order valence-electron chi connectivity index (χ4n) is 4.17. The molecule has 0 aliphatic heterocycles. The van der Waals surface area contributed by atoms with Gasteiger partial charge < -0.3 is 0 Å². The van der Waals surface area contributed by atoms with Crippen LogP contribution in [-0.4, -0.2) is 0 Å². The van der Waals surface area contributed by atoms with Gasteiger partial charge in [-0.1, -0.05) is 54.1 Å². The summed E-state index contributed by atoms with van der Waals surface area (Å²) in [5.41, 5.74) is 2.83. The Morgan fingerprint density at radius 3 is 2.00 bits per heavy atom. The molecule has 0 heterocycles. The lowest BCUT2D eigenvalue weighted by Gasteiger charge is -2.28. The molecule has 128 valence electrons. The smallest absolute Gasteiger partial charge is 0.00502 e. The minimum absolute atomic E-state index is 0.792. The van der Waals surface area contributed by atoms with Crippen molar-refractivity contribution < 1.29 is 0 Å². The van der Waals surface area contributed by atoms with Gasteiger partial charge in [0.2, 0.25) is 0 Å². The number of aryl methyl sites for hydroxylation is 1. The van der Waals surface area contributed by atoms with Gasteiger partial charge in [-0.15, -0.1) is 0 Å². The molecule has 0 aromatic heterocycles. The van der Waals surface area contributed by atoms with Crippen molar-refractivity contribution in [1.82, 2.24) is 0 Å². The molecule has 24 heavy (non-hydrogen) atoms. The van der Waals surface area contributed by atoms with E-state index in [4.69, 9.17) is 0 Å². The molecule has 1 aromatic rings. The Bertz CT molecular complexity index is 532. The third kappa shape index (κ3) is 4.85. The minimum Gasteiger partial charge on any atom is -0.0914 e.